The SMILES string of the molecule is Cc1nccc([C@@H]2CCCN(Cc3cccnc3)C2)n1. The smallest absolute Gasteiger partial charge is 0.125 e. The molecule has 0 spiro atoms. The van der Waals surface area contributed by atoms with Gasteiger partial charge in [0.05, 0.1) is 0 Å². The van der Waals surface area contributed by atoms with Crippen molar-refractivity contribution in [2.45, 2.75) is 32.2 Å². The zero-order valence-corrected chi connectivity index (χ0v) is 11.9. The van der Waals surface area contributed by atoms with E-state index < -0.39 is 0 Å². The van der Waals surface area contributed by atoms with E-state index in [4.69, 9.17) is 0 Å². The van der Waals surface area contributed by atoms with Crippen LogP contribution in [0.4, 0.5) is 0 Å². The van der Waals surface area contributed by atoms with E-state index in [-0.39, 0.29) is 0 Å². The van der Waals surface area contributed by atoms with Gasteiger partial charge in [-0.15, -0.1) is 0 Å². The van der Waals surface area contributed by atoms with Crippen LogP contribution in [-0.4, -0.2) is 32.9 Å². The highest BCUT2D eigenvalue weighted by molar-refractivity contribution is 5.12. The Kier molecular flexibility index (Phi) is 4.02. The molecule has 4 nitrogen and oxygen atoms in total. The Labute approximate surface area is 119 Å². The minimum atomic E-state index is 0.530. The number of nitrogens with zero attached hydrogens (tertiary/aromatic N) is 4. The molecule has 1 aliphatic rings. The lowest BCUT2D eigenvalue weighted by atomic mass is 9.94. The Hall–Kier alpha value is -1.81. The summed E-state index contributed by atoms with van der Waals surface area (Å²) in [5.74, 6) is 1.40. The Morgan fingerprint density at radius 2 is 2.25 bits per heavy atom. The summed E-state index contributed by atoms with van der Waals surface area (Å²) in [6.07, 6.45) is 8.11. The largest absolute Gasteiger partial charge is 0.298 e. The zero-order valence-electron chi connectivity index (χ0n) is 11.9. The van der Waals surface area contributed by atoms with E-state index in [1.54, 1.807) is 0 Å². The number of pyridine rings is 1. The fraction of sp³-hybridized carbons (Fsp3) is 0.438. The van der Waals surface area contributed by atoms with Crippen molar-refractivity contribution in [2.24, 2.45) is 0 Å². The second-order valence-electron chi connectivity index (χ2n) is 5.46. The molecule has 0 saturated carbocycles. The molecule has 104 valence electrons. The van der Waals surface area contributed by atoms with Crippen molar-refractivity contribution in [2.75, 3.05) is 13.1 Å². The number of aromatic nitrogens is 3. The van der Waals surface area contributed by atoms with Crippen LogP contribution in [-0.2, 0) is 6.54 Å². The van der Waals surface area contributed by atoms with Gasteiger partial charge >= 0.3 is 0 Å². The lowest BCUT2D eigenvalue weighted by Gasteiger charge is -2.32. The van der Waals surface area contributed by atoms with E-state index in [0.717, 1.165) is 25.5 Å². The molecular formula is C16H20N4. The zero-order chi connectivity index (χ0) is 13.8. The van der Waals surface area contributed by atoms with Gasteiger partial charge in [-0.25, -0.2) is 9.97 Å². The molecule has 2 aromatic heterocycles. The topological polar surface area (TPSA) is 41.9 Å². The fourth-order valence-electron chi connectivity index (χ4n) is 2.89. The summed E-state index contributed by atoms with van der Waals surface area (Å²) >= 11 is 0. The third-order valence-corrected chi connectivity index (χ3v) is 3.85. The first-order valence-electron chi connectivity index (χ1n) is 7.22. The average molecular weight is 268 g/mol. The molecule has 0 bridgehead atoms. The second-order valence-corrected chi connectivity index (χ2v) is 5.46. The van der Waals surface area contributed by atoms with Gasteiger partial charge in [0, 0.05) is 43.3 Å². The Bertz CT molecular complexity index is 555. The van der Waals surface area contributed by atoms with Crippen molar-refractivity contribution in [1.82, 2.24) is 19.9 Å². The summed E-state index contributed by atoms with van der Waals surface area (Å²) in [5, 5.41) is 0. The summed E-state index contributed by atoms with van der Waals surface area (Å²) in [6.45, 7) is 5.18. The van der Waals surface area contributed by atoms with Gasteiger partial charge in [-0.3, -0.25) is 9.88 Å². The number of hydrogen-bond donors (Lipinski definition) is 0. The van der Waals surface area contributed by atoms with E-state index in [9.17, 15) is 0 Å². The molecule has 3 heterocycles. The highest BCUT2D eigenvalue weighted by Gasteiger charge is 2.22. The maximum Gasteiger partial charge on any atom is 0.125 e. The van der Waals surface area contributed by atoms with Crippen LogP contribution in [0.15, 0.2) is 36.8 Å². The first-order chi connectivity index (χ1) is 9.81. The third kappa shape index (κ3) is 3.20. The molecular weight excluding hydrogens is 248 g/mol. The summed E-state index contributed by atoms with van der Waals surface area (Å²) in [7, 11) is 0. The lowest BCUT2D eigenvalue weighted by Crippen LogP contribution is -2.34. The minimum absolute atomic E-state index is 0.530. The van der Waals surface area contributed by atoms with Crippen LogP contribution in [0.5, 0.6) is 0 Å². The number of aryl methyl sites for hydroxylation is 1. The maximum atomic E-state index is 4.59. The molecule has 2 aromatic rings. The summed E-state index contributed by atoms with van der Waals surface area (Å²) in [6, 6.07) is 6.21. The van der Waals surface area contributed by atoms with Crippen LogP contribution in [0, 0.1) is 6.92 Å². The summed E-state index contributed by atoms with van der Waals surface area (Å²) < 4.78 is 0. The first kappa shape index (κ1) is 13.2. The molecule has 0 aliphatic carbocycles. The van der Waals surface area contributed by atoms with Crippen molar-refractivity contribution < 1.29 is 0 Å². The summed E-state index contributed by atoms with van der Waals surface area (Å²) in [5.41, 5.74) is 2.47. The van der Waals surface area contributed by atoms with Crippen LogP contribution in [0.2, 0.25) is 0 Å². The number of hydrogen-bond acceptors (Lipinski definition) is 4. The van der Waals surface area contributed by atoms with Crippen LogP contribution in [0.1, 0.15) is 35.8 Å². The second kappa shape index (κ2) is 6.09. The van der Waals surface area contributed by atoms with Gasteiger partial charge in [0.2, 0.25) is 0 Å². The van der Waals surface area contributed by atoms with E-state index in [1.807, 2.05) is 31.6 Å². The molecule has 1 fully saturated rings. The normalized spacial score (nSPS) is 19.9. The predicted octanol–water partition coefficient (Wildman–Crippen LogP) is 2.56. The van der Waals surface area contributed by atoms with Crippen LogP contribution in [0.3, 0.4) is 0 Å². The Balaban J connectivity index is 1.67. The van der Waals surface area contributed by atoms with Gasteiger partial charge in [0.1, 0.15) is 5.82 Å². The molecule has 4 heteroatoms. The summed E-state index contributed by atoms with van der Waals surface area (Å²) in [4.78, 5) is 15.5. The molecule has 0 unspecified atom stereocenters. The van der Waals surface area contributed by atoms with Crippen molar-refractivity contribution in [1.29, 1.82) is 0 Å². The molecule has 1 atom stereocenters. The van der Waals surface area contributed by atoms with Crippen molar-refractivity contribution >= 4 is 0 Å². The first-order valence-corrected chi connectivity index (χ1v) is 7.22. The molecule has 20 heavy (non-hydrogen) atoms. The van der Waals surface area contributed by atoms with Gasteiger partial charge in [0.15, 0.2) is 0 Å². The minimum Gasteiger partial charge on any atom is -0.298 e. The molecule has 0 N–H and O–H groups in total. The highest BCUT2D eigenvalue weighted by atomic mass is 15.1. The van der Waals surface area contributed by atoms with Crippen molar-refractivity contribution in [3.63, 3.8) is 0 Å². The number of likely N-dealkylation sites (tertiary alicyclic amines) is 1. The molecule has 3 rings (SSSR count). The molecule has 0 aromatic carbocycles. The quantitative estimate of drug-likeness (QED) is 0.858. The standard InChI is InChI=1S/C16H20N4/c1-13-18-8-6-16(19-13)15-5-3-9-20(12-15)11-14-4-2-7-17-10-14/h2,4,6-8,10,15H,3,5,9,11-12H2,1H3/t15-/m1/s1. The van der Waals surface area contributed by atoms with Gasteiger partial charge in [0.25, 0.3) is 0 Å². The van der Waals surface area contributed by atoms with Crippen LogP contribution >= 0.6 is 0 Å². The van der Waals surface area contributed by atoms with Crippen LogP contribution in [0.25, 0.3) is 0 Å². The molecule has 0 amide bonds. The molecule has 1 aliphatic heterocycles. The fourth-order valence-corrected chi connectivity index (χ4v) is 2.89. The predicted molar refractivity (Wildman–Crippen MR) is 78.3 cm³/mol. The Morgan fingerprint density at radius 3 is 3.05 bits per heavy atom. The van der Waals surface area contributed by atoms with E-state index >= 15 is 0 Å². The van der Waals surface area contributed by atoms with Gasteiger partial charge in [-0.2, -0.15) is 0 Å². The van der Waals surface area contributed by atoms with Crippen molar-refractivity contribution in [3.8, 4) is 0 Å². The highest BCUT2D eigenvalue weighted by Crippen LogP contribution is 2.26. The third-order valence-electron chi connectivity index (χ3n) is 3.85. The molecule has 0 radical (unpaired) electrons. The van der Waals surface area contributed by atoms with Crippen molar-refractivity contribution in [3.05, 3.63) is 53.9 Å². The number of rotatable bonds is 3. The number of piperidine rings is 1. The van der Waals surface area contributed by atoms with Gasteiger partial charge in [-0.1, -0.05) is 6.07 Å². The maximum absolute atomic E-state index is 4.59. The van der Waals surface area contributed by atoms with Gasteiger partial charge in [-0.05, 0) is 44.0 Å². The van der Waals surface area contributed by atoms with E-state index in [2.05, 4.69) is 32.0 Å². The van der Waals surface area contributed by atoms with Gasteiger partial charge < -0.3 is 0 Å². The average Bonchev–Trinajstić information content (AvgIpc) is 2.49. The monoisotopic (exact) mass is 268 g/mol. The van der Waals surface area contributed by atoms with Crippen LogP contribution < -0.4 is 0 Å². The van der Waals surface area contributed by atoms with E-state index in [1.165, 1.54) is 24.1 Å². The Morgan fingerprint density at radius 1 is 1.30 bits per heavy atom. The lowest BCUT2D eigenvalue weighted by molar-refractivity contribution is 0.198. The molecule has 1 saturated heterocycles. The van der Waals surface area contributed by atoms with E-state index in [0.29, 0.717) is 5.92 Å².